The maximum Gasteiger partial charge on any atom is 0.248 e. The highest BCUT2D eigenvalue weighted by Crippen LogP contribution is 2.41. The number of nitrogens with zero attached hydrogens (tertiary/aromatic N) is 1. The van der Waals surface area contributed by atoms with E-state index in [2.05, 4.69) is 4.90 Å². The Labute approximate surface area is 102 Å². The lowest BCUT2D eigenvalue weighted by molar-refractivity contribution is -0.0822. The molecule has 1 unspecified atom stereocenters. The zero-order valence-electron chi connectivity index (χ0n) is 10.6. The molecule has 0 bridgehead atoms. The molecular formula is C13H23F2NO. The zero-order valence-corrected chi connectivity index (χ0v) is 10.6. The largest absolute Gasteiger partial charge is 0.390 e. The van der Waals surface area contributed by atoms with Crippen molar-refractivity contribution in [3.8, 4) is 0 Å². The van der Waals surface area contributed by atoms with Crippen LogP contribution in [0.3, 0.4) is 0 Å². The van der Waals surface area contributed by atoms with Crippen LogP contribution in [-0.2, 0) is 0 Å². The van der Waals surface area contributed by atoms with E-state index < -0.39 is 11.5 Å². The van der Waals surface area contributed by atoms with Gasteiger partial charge < -0.3 is 10.0 Å². The summed E-state index contributed by atoms with van der Waals surface area (Å²) in [7, 11) is 2.04. The van der Waals surface area contributed by atoms with Crippen LogP contribution in [0.15, 0.2) is 0 Å². The van der Waals surface area contributed by atoms with Gasteiger partial charge in [0, 0.05) is 25.9 Å². The Balaban J connectivity index is 1.87. The first-order valence-electron chi connectivity index (χ1n) is 6.67. The normalized spacial score (nSPS) is 33.5. The second-order valence-electron chi connectivity index (χ2n) is 6.05. The number of rotatable bonds is 2. The minimum atomic E-state index is -2.50. The Bertz CT molecular complexity index is 262. The minimum absolute atomic E-state index is 0.00663. The fraction of sp³-hybridized carbons (Fsp3) is 1.00. The van der Waals surface area contributed by atoms with Crippen LogP contribution in [0.1, 0.15) is 44.9 Å². The monoisotopic (exact) mass is 247 g/mol. The van der Waals surface area contributed by atoms with Gasteiger partial charge in [0.1, 0.15) is 0 Å². The van der Waals surface area contributed by atoms with Gasteiger partial charge in [-0.2, -0.15) is 0 Å². The third kappa shape index (κ3) is 3.62. The first kappa shape index (κ1) is 13.2. The molecule has 1 saturated heterocycles. The van der Waals surface area contributed by atoms with E-state index in [-0.39, 0.29) is 18.8 Å². The molecule has 1 aliphatic carbocycles. The fourth-order valence-corrected chi connectivity index (χ4v) is 3.23. The van der Waals surface area contributed by atoms with E-state index in [0.29, 0.717) is 12.8 Å². The summed E-state index contributed by atoms with van der Waals surface area (Å²) in [6, 6.07) is 0. The first-order chi connectivity index (χ1) is 7.89. The van der Waals surface area contributed by atoms with Crippen LogP contribution in [0.4, 0.5) is 8.78 Å². The third-order valence-corrected chi connectivity index (χ3v) is 4.33. The van der Waals surface area contributed by atoms with Crippen LogP contribution < -0.4 is 0 Å². The lowest BCUT2D eigenvalue weighted by atomic mass is 9.76. The molecule has 1 heterocycles. The molecule has 2 fully saturated rings. The standard InChI is InChI=1S/C13H23F2NO/c1-16-7-5-12(17,6-8-16)9-11-3-2-4-13(14,15)10-11/h11,17H,2-10H2,1H3. The van der Waals surface area contributed by atoms with Crippen molar-refractivity contribution in [2.45, 2.75) is 56.5 Å². The van der Waals surface area contributed by atoms with E-state index in [1.165, 1.54) is 0 Å². The van der Waals surface area contributed by atoms with E-state index in [0.717, 1.165) is 32.4 Å². The Morgan fingerprint density at radius 2 is 1.88 bits per heavy atom. The van der Waals surface area contributed by atoms with Crippen molar-refractivity contribution < 1.29 is 13.9 Å². The summed E-state index contributed by atoms with van der Waals surface area (Å²) in [6.07, 6.45) is 3.49. The fourth-order valence-electron chi connectivity index (χ4n) is 3.23. The molecule has 0 amide bonds. The number of likely N-dealkylation sites (tertiary alicyclic amines) is 1. The van der Waals surface area contributed by atoms with Gasteiger partial charge in [-0.25, -0.2) is 8.78 Å². The van der Waals surface area contributed by atoms with Crippen molar-refractivity contribution >= 4 is 0 Å². The number of halogens is 2. The molecule has 0 aromatic heterocycles. The van der Waals surface area contributed by atoms with Gasteiger partial charge in [0.05, 0.1) is 5.60 Å². The molecule has 2 nitrogen and oxygen atoms in total. The number of hydrogen-bond donors (Lipinski definition) is 1. The van der Waals surface area contributed by atoms with Gasteiger partial charge in [0.15, 0.2) is 0 Å². The van der Waals surface area contributed by atoms with Crippen molar-refractivity contribution in [3.63, 3.8) is 0 Å². The topological polar surface area (TPSA) is 23.5 Å². The number of piperidine rings is 1. The Hall–Kier alpha value is -0.220. The quantitative estimate of drug-likeness (QED) is 0.811. The average molecular weight is 247 g/mol. The van der Waals surface area contributed by atoms with Crippen molar-refractivity contribution in [1.82, 2.24) is 4.90 Å². The smallest absolute Gasteiger partial charge is 0.248 e. The Morgan fingerprint density at radius 3 is 2.47 bits per heavy atom. The summed E-state index contributed by atoms with van der Waals surface area (Å²) in [4.78, 5) is 2.18. The summed E-state index contributed by atoms with van der Waals surface area (Å²) in [5.41, 5.74) is -0.690. The van der Waals surface area contributed by atoms with Gasteiger partial charge in [-0.05, 0) is 45.1 Å². The predicted molar refractivity (Wildman–Crippen MR) is 63.2 cm³/mol. The van der Waals surface area contributed by atoms with E-state index in [9.17, 15) is 13.9 Å². The molecule has 2 rings (SSSR count). The second-order valence-corrected chi connectivity index (χ2v) is 6.05. The lowest BCUT2D eigenvalue weighted by Crippen LogP contribution is -2.44. The summed E-state index contributed by atoms with van der Waals surface area (Å²) in [5, 5.41) is 10.4. The maximum atomic E-state index is 13.3. The minimum Gasteiger partial charge on any atom is -0.390 e. The van der Waals surface area contributed by atoms with Crippen molar-refractivity contribution in [1.29, 1.82) is 0 Å². The van der Waals surface area contributed by atoms with E-state index in [1.807, 2.05) is 7.05 Å². The summed E-state index contributed by atoms with van der Waals surface area (Å²) >= 11 is 0. The Morgan fingerprint density at radius 1 is 1.24 bits per heavy atom. The summed E-state index contributed by atoms with van der Waals surface area (Å²) < 4.78 is 26.6. The van der Waals surface area contributed by atoms with Crippen LogP contribution in [0.25, 0.3) is 0 Å². The molecule has 0 radical (unpaired) electrons. The van der Waals surface area contributed by atoms with Crippen LogP contribution in [0.2, 0.25) is 0 Å². The van der Waals surface area contributed by atoms with Crippen molar-refractivity contribution in [2.75, 3.05) is 20.1 Å². The molecule has 2 aliphatic rings. The molecule has 1 atom stereocenters. The summed E-state index contributed by atoms with van der Waals surface area (Å²) in [5.74, 6) is -2.49. The molecule has 4 heteroatoms. The van der Waals surface area contributed by atoms with Crippen LogP contribution >= 0.6 is 0 Å². The molecule has 0 spiro atoms. The predicted octanol–water partition coefficient (Wildman–Crippen LogP) is 2.66. The highest BCUT2D eigenvalue weighted by atomic mass is 19.3. The van der Waals surface area contributed by atoms with Gasteiger partial charge in [0.25, 0.3) is 0 Å². The molecule has 1 N–H and O–H groups in total. The Kier molecular flexibility index (Phi) is 3.74. The molecular weight excluding hydrogens is 224 g/mol. The highest BCUT2D eigenvalue weighted by Gasteiger charge is 2.40. The molecule has 0 aromatic rings. The third-order valence-electron chi connectivity index (χ3n) is 4.33. The van der Waals surface area contributed by atoms with Crippen molar-refractivity contribution in [3.05, 3.63) is 0 Å². The summed E-state index contributed by atoms with van der Waals surface area (Å²) in [6.45, 7) is 1.75. The number of hydrogen-bond acceptors (Lipinski definition) is 2. The zero-order chi connectivity index (χ0) is 12.5. The van der Waals surface area contributed by atoms with Gasteiger partial charge in [-0.15, -0.1) is 0 Å². The van der Waals surface area contributed by atoms with Gasteiger partial charge in [-0.1, -0.05) is 0 Å². The van der Waals surface area contributed by atoms with Gasteiger partial charge in [0.2, 0.25) is 5.92 Å². The molecule has 17 heavy (non-hydrogen) atoms. The van der Waals surface area contributed by atoms with Crippen LogP contribution in [0.5, 0.6) is 0 Å². The van der Waals surface area contributed by atoms with E-state index in [4.69, 9.17) is 0 Å². The first-order valence-corrected chi connectivity index (χ1v) is 6.67. The van der Waals surface area contributed by atoms with E-state index in [1.54, 1.807) is 0 Å². The molecule has 1 saturated carbocycles. The maximum absolute atomic E-state index is 13.3. The number of aliphatic hydroxyl groups is 1. The second kappa shape index (κ2) is 4.81. The lowest BCUT2D eigenvalue weighted by Gasteiger charge is -2.40. The molecule has 100 valence electrons. The van der Waals surface area contributed by atoms with Crippen LogP contribution in [-0.4, -0.2) is 41.7 Å². The van der Waals surface area contributed by atoms with Gasteiger partial charge in [-0.3, -0.25) is 0 Å². The molecule has 0 aromatic carbocycles. The van der Waals surface area contributed by atoms with E-state index >= 15 is 0 Å². The van der Waals surface area contributed by atoms with Crippen LogP contribution in [0, 0.1) is 5.92 Å². The number of alkyl halides is 2. The highest BCUT2D eigenvalue weighted by molar-refractivity contribution is 4.89. The van der Waals surface area contributed by atoms with Gasteiger partial charge >= 0.3 is 0 Å². The van der Waals surface area contributed by atoms with Crippen molar-refractivity contribution in [2.24, 2.45) is 5.92 Å². The average Bonchev–Trinajstić information content (AvgIpc) is 2.21. The molecule has 1 aliphatic heterocycles. The SMILES string of the molecule is CN1CCC(O)(CC2CCCC(F)(F)C2)CC1.